The third-order valence-electron chi connectivity index (χ3n) is 2.56. The third-order valence-corrected chi connectivity index (χ3v) is 2.56. The molecule has 1 heterocycles. The topological polar surface area (TPSA) is 15.3 Å². The molecule has 1 aliphatic rings. The first-order valence-electron chi connectivity index (χ1n) is 5.00. The summed E-state index contributed by atoms with van der Waals surface area (Å²) in [6.07, 6.45) is 0. The van der Waals surface area contributed by atoms with Gasteiger partial charge in [0.25, 0.3) is 0 Å². The summed E-state index contributed by atoms with van der Waals surface area (Å²) in [7, 11) is 0. The highest BCUT2D eigenvalue weighted by Crippen LogP contribution is 2.19. The van der Waals surface area contributed by atoms with E-state index in [-0.39, 0.29) is 5.82 Å². The van der Waals surface area contributed by atoms with Crippen LogP contribution in [0.25, 0.3) is 0 Å². The molecule has 1 atom stereocenters. The lowest BCUT2D eigenvalue weighted by atomic mass is 10.2. The van der Waals surface area contributed by atoms with Gasteiger partial charge in [-0.15, -0.1) is 0 Å². The molecule has 1 N–H and O–H groups in total. The zero-order valence-electron chi connectivity index (χ0n) is 8.33. The van der Waals surface area contributed by atoms with Crippen LogP contribution in [0.1, 0.15) is 6.92 Å². The number of hydrogen-bond donors (Lipinski definition) is 1. The Morgan fingerprint density at radius 3 is 2.93 bits per heavy atom. The van der Waals surface area contributed by atoms with Crippen molar-refractivity contribution in [2.24, 2.45) is 0 Å². The summed E-state index contributed by atoms with van der Waals surface area (Å²) in [6, 6.07) is 7.40. The highest BCUT2D eigenvalue weighted by atomic mass is 19.1. The molecule has 0 spiro atoms. The summed E-state index contributed by atoms with van der Waals surface area (Å²) in [6.45, 7) is 4.80. The zero-order chi connectivity index (χ0) is 9.97. The molecule has 0 radical (unpaired) electrons. The van der Waals surface area contributed by atoms with Crippen molar-refractivity contribution in [3.8, 4) is 0 Å². The maximum atomic E-state index is 13.4. The van der Waals surface area contributed by atoms with E-state index in [1.165, 1.54) is 6.07 Å². The van der Waals surface area contributed by atoms with Crippen LogP contribution in [0.15, 0.2) is 24.3 Å². The summed E-state index contributed by atoms with van der Waals surface area (Å²) in [5, 5.41) is 3.34. The van der Waals surface area contributed by atoms with Crippen molar-refractivity contribution < 1.29 is 4.39 Å². The van der Waals surface area contributed by atoms with Gasteiger partial charge in [0, 0.05) is 25.7 Å². The van der Waals surface area contributed by atoms with Gasteiger partial charge in [-0.3, -0.25) is 0 Å². The van der Waals surface area contributed by atoms with Gasteiger partial charge in [-0.25, -0.2) is 4.39 Å². The number of piperazine rings is 1. The normalized spacial score (nSPS) is 22.4. The number of hydrogen-bond acceptors (Lipinski definition) is 2. The van der Waals surface area contributed by atoms with Crippen molar-refractivity contribution in [3.63, 3.8) is 0 Å². The highest BCUT2D eigenvalue weighted by molar-refractivity contribution is 5.48. The molecule has 0 bridgehead atoms. The van der Waals surface area contributed by atoms with Gasteiger partial charge in [-0.2, -0.15) is 0 Å². The molecule has 14 heavy (non-hydrogen) atoms. The number of halogens is 1. The number of anilines is 1. The number of nitrogens with zero attached hydrogens (tertiary/aromatic N) is 1. The van der Waals surface area contributed by atoms with Gasteiger partial charge in [0.2, 0.25) is 0 Å². The maximum Gasteiger partial charge on any atom is 0.146 e. The Labute approximate surface area is 83.7 Å². The van der Waals surface area contributed by atoms with Gasteiger partial charge in [0.15, 0.2) is 0 Å². The smallest absolute Gasteiger partial charge is 0.146 e. The SMILES string of the molecule is CC1CN(c2ccccc2F)CCN1. The monoisotopic (exact) mass is 194 g/mol. The maximum absolute atomic E-state index is 13.4. The van der Waals surface area contributed by atoms with Crippen LogP contribution >= 0.6 is 0 Å². The molecule has 3 heteroatoms. The Hall–Kier alpha value is -1.09. The second kappa shape index (κ2) is 3.96. The number of rotatable bonds is 1. The summed E-state index contributed by atoms with van der Waals surface area (Å²) >= 11 is 0. The van der Waals surface area contributed by atoms with E-state index in [0.717, 1.165) is 25.3 Å². The van der Waals surface area contributed by atoms with Gasteiger partial charge >= 0.3 is 0 Å². The Morgan fingerprint density at radius 1 is 1.43 bits per heavy atom. The number of benzene rings is 1. The molecule has 1 aliphatic heterocycles. The van der Waals surface area contributed by atoms with Crippen molar-refractivity contribution in [1.29, 1.82) is 0 Å². The lowest BCUT2D eigenvalue weighted by molar-refractivity contribution is 0.478. The van der Waals surface area contributed by atoms with E-state index in [4.69, 9.17) is 0 Å². The molecule has 2 rings (SSSR count). The first-order chi connectivity index (χ1) is 6.77. The van der Waals surface area contributed by atoms with Gasteiger partial charge in [-0.1, -0.05) is 12.1 Å². The van der Waals surface area contributed by atoms with E-state index >= 15 is 0 Å². The molecular weight excluding hydrogens is 179 g/mol. The van der Waals surface area contributed by atoms with Crippen molar-refractivity contribution in [2.75, 3.05) is 24.5 Å². The van der Waals surface area contributed by atoms with Crippen LogP contribution in [0.3, 0.4) is 0 Å². The van der Waals surface area contributed by atoms with Crippen LogP contribution < -0.4 is 10.2 Å². The standard InChI is InChI=1S/C11H15FN2/c1-9-8-14(7-6-13-9)11-5-3-2-4-10(11)12/h2-5,9,13H,6-8H2,1H3. The minimum atomic E-state index is -0.124. The minimum Gasteiger partial charge on any atom is -0.366 e. The summed E-state index contributed by atoms with van der Waals surface area (Å²) in [4.78, 5) is 2.09. The number of para-hydroxylation sites is 1. The van der Waals surface area contributed by atoms with Crippen molar-refractivity contribution in [1.82, 2.24) is 5.32 Å². The molecule has 2 nitrogen and oxygen atoms in total. The number of nitrogens with one attached hydrogen (secondary N) is 1. The third kappa shape index (κ3) is 1.87. The molecule has 1 aromatic rings. The van der Waals surface area contributed by atoms with Gasteiger partial charge < -0.3 is 10.2 Å². The quantitative estimate of drug-likeness (QED) is 0.731. The van der Waals surface area contributed by atoms with E-state index in [1.807, 2.05) is 12.1 Å². The first-order valence-corrected chi connectivity index (χ1v) is 5.00. The summed E-state index contributed by atoms with van der Waals surface area (Å²) in [5.74, 6) is -0.124. The van der Waals surface area contributed by atoms with Crippen molar-refractivity contribution in [2.45, 2.75) is 13.0 Å². The van der Waals surface area contributed by atoms with Crippen LogP contribution in [0.4, 0.5) is 10.1 Å². The predicted molar refractivity (Wildman–Crippen MR) is 56.1 cm³/mol. The van der Waals surface area contributed by atoms with E-state index in [9.17, 15) is 4.39 Å². The van der Waals surface area contributed by atoms with Gasteiger partial charge in [0.1, 0.15) is 5.82 Å². The van der Waals surface area contributed by atoms with Crippen molar-refractivity contribution in [3.05, 3.63) is 30.1 Å². The Bertz CT molecular complexity index is 314. The Morgan fingerprint density at radius 2 is 2.21 bits per heavy atom. The molecule has 76 valence electrons. The molecule has 1 saturated heterocycles. The lowest BCUT2D eigenvalue weighted by Gasteiger charge is -2.33. The summed E-state index contributed by atoms with van der Waals surface area (Å²) < 4.78 is 13.4. The lowest BCUT2D eigenvalue weighted by Crippen LogP contribution is -2.49. The second-order valence-corrected chi connectivity index (χ2v) is 3.75. The summed E-state index contributed by atoms with van der Waals surface area (Å²) in [5.41, 5.74) is 0.723. The average Bonchev–Trinajstić information content (AvgIpc) is 2.18. The molecule has 0 amide bonds. The fourth-order valence-electron chi connectivity index (χ4n) is 1.86. The van der Waals surface area contributed by atoms with Crippen LogP contribution in [0.2, 0.25) is 0 Å². The van der Waals surface area contributed by atoms with Crippen LogP contribution in [-0.4, -0.2) is 25.7 Å². The zero-order valence-corrected chi connectivity index (χ0v) is 8.33. The molecule has 1 fully saturated rings. The minimum absolute atomic E-state index is 0.124. The van der Waals surface area contributed by atoms with Crippen LogP contribution in [-0.2, 0) is 0 Å². The molecule has 1 aromatic carbocycles. The van der Waals surface area contributed by atoms with Gasteiger partial charge in [0.05, 0.1) is 5.69 Å². The largest absolute Gasteiger partial charge is 0.366 e. The fraction of sp³-hybridized carbons (Fsp3) is 0.455. The van der Waals surface area contributed by atoms with Gasteiger partial charge in [-0.05, 0) is 19.1 Å². The Kier molecular flexibility index (Phi) is 2.68. The van der Waals surface area contributed by atoms with E-state index in [2.05, 4.69) is 17.1 Å². The van der Waals surface area contributed by atoms with Crippen LogP contribution in [0.5, 0.6) is 0 Å². The first kappa shape index (κ1) is 9.46. The molecule has 0 saturated carbocycles. The fourth-order valence-corrected chi connectivity index (χ4v) is 1.86. The average molecular weight is 194 g/mol. The molecule has 0 aliphatic carbocycles. The molecular formula is C11H15FN2. The van der Waals surface area contributed by atoms with Crippen LogP contribution in [0, 0.1) is 5.82 Å². The van der Waals surface area contributed by atoms with E-state index < -0.39 is 0 Å². The molecule has 1 unspecified atom stereocenters. The van der Waals surface area contributed by atoms with E-state index in [1.54, 1.807) is 6.07 Å². The highest BCUT2D eigenvalue weighted by Gasteiger charge is 2.17. The predicted octanol–water partition coefficient (Wildman–Crippen LogP) is 1.62. The van der Waals surface area contributed by atoms with E-state index in [0.29, 0.717) is 6.04 Å². The van der Waals surface area contributed by atoms with Crippen molar-refractivity contribution >= 4 is 5.69 Å². The molecule has 0 aromatic heterocycles. The second-order valence-electron chi connectivity index (χ2n) is 3.75. The Balaban J connectivity index is 2.18.